The van der Waals surface area contributed by atoms with Crippen LogP contribution in [0.2, 0.25) is 0 Å². The molecule has 0 spiro atoms. The second-order valence-corrected chi connectivity index (χ2v) is 6.48. The number of aryl methyl sites for hydroxylation is 1. The first-order valence-corrected chi connectivity index (χ1v) is 8.81. The van der Waals surface area contributed by atoms with E-state index in [2.05, 4.69) is 34.5 Å². The molecule has 1 amide bonds. The Labute approximate surface area is 147 Å². The molecular formula is C20H22N2O3. The standard InChI is InChI=1S/C20H22N2O3/c23-20(21-16-6-9-18-19(13-16)25-14-24-18)10-5-15-3-7-17(8-4-15)22-11-1-2-12-22/h3-4,6-9,13H,1-2,5,10-12,14H2,(H,21,23). The second-order valence-electron chi connectivity index (χ2n) is 6.48. The van der Waals surface area contributed by atoms with E-state index in [-0.39, 0.29) is 12.7 Å². The number of nitrogens with zero attached hydrogens (tertiary/aromatic N) is 1. The minimum atomic E-state index is 0.00230. The Morgan fingerprint density at radius 3 is 2.56 bits per heavy atom. The van der Waals surface area contributed by atoms with Crippen LogP contribution >= 0.6 is 0 Å². The van der Waals surface area contributed by atoms with Gasteiger partial charge in [0.25, 0.3) is 0 Å². The summed E-state index contributed by atoms with van der Waals surface area (Å²) < 4.78 is 10.6. The van der Waals surface area contributed by atoms with Gasteiger partial charge in [0, 0.05) is 37.0 Å². The fourth-order valence-corrected chi connectivity index (χ4v) is 3.30. The minimum Gasteiger partial charge on any atom is -0.454 e. The van der Waals surface area contributed by atoms with Gasteiger partial charge in [-0.05, 0) is 49.1 Å². The molecule has 2 aromatic rings. The van der Waals surface area contributed by atoms with E-state index < -0.39 is 0 Å². The molecule has 5 nitrogen and oxygen atoms in total. The van der Waals surface area contributed by atoms with Crippen LogP contribution in [0.4, 0.5) is 11.4 Å². The van der Waals surface area contributed by atoms with Crippen LogP contribution in [0.5, 0.6) is 11.5 Å². The summed E-state index contributed by atoms with van der Waals surface area (Å²) in [5.74, 6) is 1.40. The lowest BCUT2D eigenvalue weighted by molar-refractivity contribution is -0.116. The van der Waals surface area contributed by atoms with Crippen molar-refractivity contribution in [2.75, 3.05) is 30.1 Å². The summed E-state index contributed by atoms with van der Waals surface area (Å²) in [5, 5.41) is 2.92. The number of carbonyl (C=O) groups excluding carboxylic acids is 1. The molecule has 25 heavy (non-hydrogen) atoms. The van der Waals surface area contributed by atoms with E-state index in [1.807, 2.05) is 12.1 Å². The highest BCUT2D eigenvalue weighted by atomic mass is 16.7. The molecular weight excluding hydrogens is 316 g/mol. The van der Waals surface area contributed by atoms with Crippen molar-refractivity contribution in [2.45, 2.75) is 25.7 Å². The number of benzene rings is 2. The van der Waals surface area contributed by atoms with E-state index in [9.17, 15) is 4.79 Å². The Morgan fingerprint density at radius 2 is 1.76 bits per heavy atom. The molecule has 2 aliphatic rings. The third-order valence-electron chi connectivity index (χ3n) is 4.70. The van der Waals surface area contributed by atoms with Gasteiger partial charge in [-0.25, -0.2) is 0 Å². The zero-order valence-electron chi connectivity index (χ0n) is 14.2. The Kier molecular flexibility index (Phi) is 4.46. The molecule has 1 fully saturated rings. The molecule has 1 saturated heterocycles. The maximum absolute atomic E-state index is 12.2. The van der Waals surface area contributed by atoms with Crippen LogP contribution in [0.25, 0.3) is 0 Å². The number of rotatable bonds is 5. The summed E-state index contributed by atoms with van der Waals surface area (Å²) >= 11 is 0. The van der Waals surface area contributed by atoms with Gasteiger partial charge in [0.2, 0.25) is 12.7 Å². The third-order valence-corrected chi connectivity index (χ3v) is 4.70. The van der Waals surface area contributed by atoms with Crippen LogP contribution in [0.15, 0.2) is 42.5 Å². The van der Waals surface area contributed by atoms with Gasteiger partial charge in [0.05, 0.1) is 0 Å². The monoisotopic (exact) mass is 338 g/mol. The van der Waals surface area contributed by atoms with Crippen molar-refractivity contribution in [3.63, 3.8) is 0 Å². The van der Waals surface area contributed by atoms with E-state index >= 15 is 0 Å². The van der Waals surface area contributed by atoms with Crippen LogP contribution in [0.1, 0.15) is 24.8 Å². The van der Waals surface area contributed by atoms with E-state index in [4.69, 9.17) is 9.47 Å². The van der Waals surface area contributed by atoms with E-state index in [0.29, 0.717) is 12.2 Å². The van der Waals surface area contributed by atoms with Gasteiger partial charge in [-0.3, -0.25) is 4.79 Å². The molecule has 130 valence electrons. The van der Waals surface area contributed by atoms with Gasteiger partial charge in [-0.1, -0.05) is 12.1 Å². The van der Waals surface area contributed by atoms with Crippen LogP contribution < -0.4 is 19.7 Å². The van der Waals surface area contributed by atoms with E-state index in [1.165, 1.54) is 24.1 Å². The lowest BCUT2D eigenvalue weighted by atomic mass is 10.1. The minimum absolute atomic E-state index is 0.00230. The molecule has 0 aromatic heterocycles. The van der Waals surface area contributed by atoms with Gasteiger partial charge >= 0.3 is 0 Å². The normalized spacial score (nSPS) is 15.4. The average Bonchev–Trinajstić information content (AvgIpc) is 3.32. The van der Waals surface area contributed by atoms with Gasteiger partial charge in [-0.15, -0.1) is 0 Å². The summed E-state index contributed by atoms with van der Waals surface area (Å²) in [6.07, 6.45) is 3.75. The molecule has 0 aliphatic carbocycles. The summed E-state index contributed by atoms with van der Waals surface area (Å²) in [6, 6.07) is 14.0. The highest BCUT2D eigenvalue weighted by Crippen LogP contribution is 2.34. The average molecular weight is 338 g/mol. The largest absolute Gasteiger partial charge is 0.454 e. The van der Waals surface area contributed by atoms with Crippen molar-refractivity contribution in [2.24, 2.45) is 0 Å². The molecule has 0 atom stereocenters. The predicted molar refractivity (Wildman–Crippen MR) is 97.4 cm³/mol. The molecule has 2 aliphatic heterocycles. The highest BCUT2D eigenvalue weighted by Gasteiger charge is 2.14. The van der Waals surface area contributed by atoms with E-state index in [1.54, 1.807) is 6.07 Å². The van der Waals surface area contributed by atoms with Crippen molar-refractivity contribution >= 4 is 17.3 Å². The maximum atomic E-state index is 12.2. The molecule has 0 radical (unpaired) electrons. The summed E-state index contributed by atoms with van der Waals surface area (Å²) in [7, 11) is 0. The Bertz CT molecular complexity index is 752. The van der Waals surface area contributed by atoms with Gasteiger partial charge in [-0.2, -0.15) is 0 Å². The van der Waals surface area contributed by atoms with E-state index in [0.717, 1.165) is 30.9 Å². The zero-order valence-corrected chi connectivity index (χ0v) is 14.2. The van der Waals surface area contributed by atoms with Gasteiger partial charge in [0.1, 0.15) is 0 Å². The quantitative estimate of drug-likeness (QED) is 0.905. The van der Waals surface area contributed by atoms with Gasteiger partial charge in [0.15, 0.2) is 11.5 Å². The molecule has 0 bridgehead atoms. The van der Waals surface area contributed by atoms with Crippen molar-refractivity contribution in [1.82, 2.24) is 0 Å². The molecule has 2 aromatic carbocycles. The highest BCUT2D eigenvalue weighted by molar-refractivity contribution is 5.91. The Morgan fingerprint density at radius 1 is 1.00 bits per heavy atom. The van der Waals surface area contributed by atoms with Gasteiger partial charge < -0.3 is 19.7 Å². The number of ether oxygens (including phenoxy) is 2. The van der Waals surface area contributed by atoms with Crippen LogP contribution in [0, 0.1) is 0 Å². The number of hydrogen-bond donors (Lipinski definition) is 1. The molecule has 0 unspecified atom stereocenters. The zero-order chi connectivity index (χ0) is 17.1. The Balaban J connectivity index is 1.29. The SMILES string of the molecule is O=C(CCc1ccc(N2CCCC2)cc1)Nc1ccc2c(c1)OCO2. The predicted octanol–water partition coefficient (Wildman–Crippen LogP) is 3.59. The summed E-state index contributed by atoms with van der Waals surface area (Å²) in [4.78, 5) is 14.6. The van der Waals surface area contributed by atoms with Crippen molar-refractivity contribution in [3.05, 3.63) is 48.0 Å². The summed E-state index contributed by atoms with van der Waals surface area (Å²) in [5.41, 5.74) is 3.20. The fourth-order valence-electron chi connectivity index (χ4n) is 3.30. The first-order valence-electron chi connectivity index (χ1n) is 8.81. The first kappa shape index (κ1) is 15.8. The number of hydrogen-bond acceptors (Lipinski definition) is 4. The maximum Gasteiger partial charge on any atom is 0.231 e. The smallest absolute Gasteiger partial charge is 0.231 e. The fraction of sp³-hybridized carbons (Fsp3) is 0.350. The molecule has 0 saturated carbocycles. The first-order chi connectivity index (χ1) is 12.3. The van der Waals surface area contributed by atoms with Crippen LogP contribution in [0.3, 0.4) is 0 Å². The van der Waals surface area contributed by atoms with Crippen LogP contribution in [-0.2, 0) is 11.2 Å². The number of carbonyl (C=O) groups is 1. The molecule has 4 rings (SSSR count). The van der Waals surface area contributed by atoms with Crippen molar-refractivity contribution in [1.29, 1.82) is 0 Å². The Hall–Kier alpha value is -2.69. The lowest BCUT2D eigenvalue weighted by Crippen LogP contribution is -2.17. The summed E-state index contributed by atoms with van der Waals surface area (Å²) in [6.45, 7) is 2.54. The topological polar surface area (TPSA) is 50.8 Å². The number of fused-ring (bicyclic) bond motifs is 1. The van der Waals surface area contributed by atoms with Crippen molar-refractivity contribution in [3.8, 4) is 11.5 Å². The lowest BCUT2D eigenvalue weighted by Gasteiger charge is -2.17. The number of nitrogens with one attached hydrogen (secondary N) is 1. The molecule has 2 heterocycles. The number of anilines is 2. The van der Waals surface area contributed by atoms with Crippen molar-refractivity contribution < 1.29 is 14.3 Å². The number of amides is 1. The third kappa shape index (κ3) is 3.71. The van der Waals surface area contributed by atoms with Crippen LogP contribution in [-0.4, -0.2) is 25.8 Å². The second kappa shape index (κ2) is 7.05. The molecule has 5 heteroatoms. The molecule has 1 N–H and O–H groups in total.